The van der Waals surface area contributed by atoms with Crippen LogP contribution in [-0.2, 0) is 4.79 Å². The summed E-state index contributed by atoms with van der Waals surface area (Å²) in [6.45, 7) is 8.06. The zero-order valence-corrected chi connectivity index (χ0v) is 10.5. The zero-order chi connectivity index (χ0) is 12.3. The van der Waals surface area contributed by atoms with Crippen molar-refractivity contribution in [3.8, 4) is 0 Å². The number of carbonyl (C=O) groups is 1. The van der Waals surface area contributed by atoms with Crippen molar-refractivity contribution >= 4 is 5.78 Å². The normalized spacial score (nSPS) is 21.3. The van der Waals surface area contributed by atoms with Crippen molar-refractivity contribution in [3.05, 3.63) is 34.9 Å². The predicted octanol–water partition coefficient (Wildman–Crippen LogP) is 2.80. The molecule has 0 saturated carbocycles. The van der Waals surface area contributed by atoms with Crippen molar-refractivity contribution < 1.29 is 9.90 Å². The third-order valence-corrected chi connectivity index (χ3v) is 3.08. The van der Waals surface area contributed by atoms with Gasteiger partial charge in [0.15, 0.2) is 5.78 Å². The molecule has 1 N–H and O–H groups in total. The fourth-order valence-corrected chi connectivity index (χ4v) is 2.06. The molecule has 1 aliphatic carbocycles. The van der Waals surface area contributed by atoms with Crippen LogP contribution in [0.2, 0.25) is 0 Å². The molecular formula is C14H20O2. The molecule has 0 aromatic heterocycles. The van der Waals surface area contributed by atoms with Crippen molar-refractivity contribution in [1.29, 1.82) is 0 Å². The van der Waals surface area contributed by atoms with Crippen LogP contribution in [0.5, 0.6) is 0 Å². The molecule has 0 radical (unpaired) electrons. The minimum absolute atomic E-state index is 0.0521. The number of aliphatic hydroxyl groups is 1. The first-order valence-corrected chi connectivity index (χ1v) is 5.59. The molecule has 2 nitrogen and oxygen atoms in total. The summed E-state index contributed by atoms with van der Waals surface area (Å²) in [4.78, 5) is 11.6. The van der Waals surface area contributed by atoms with E-state index in [1.54, 1.807) is 6.08 Å². The number of ketones is 1. The highest BCUT2D eigenvalue weighted by Gasteiger charge is 2.34. The lowest BCUT2D eigenvalue weighted by Crippen LogP contribution is -2.09. The monoisotopic (exact) mass is 220 g/mol. The standard InChI is InChI=1S/C14H20O2/c1-10(7-8-15)5-6-12-11(2)13(16)9-14(12,3)4/h5-7,15H,8-9H2,1-4H3/b6-5+,10-7+. The van der Waals surface area contributed by atoms with E-state index in [-0.39, 0.29) is 17.8 Å². The van der Waals surface area contributed by atoms with Crippen LogP contribution in [0.4, 0.5) is 0 Å². The van der Waals surface area contributed by atoms with Gasteiger partial charge in [-0.3, -0.25) is 4.79 Å². The Bertz CT molecular complexity index is 382. The van der Waals surface area contributed by atoms with E-state index < -0.39 is 0 Å². The van der Waals surface area contributed by atoms with E-state index in [4.69, 9.17) is 5.11 Å². The quantitative estimate of drug-likeness (QED) is 0.743. The van der Waals surface area contributed by atoms with Gasteiger partial charge in [0.2, 0.25) is 0 Å². The lowest BCUT2D eigenvalue weighted by atomic mass is 9.85. The summed E-state index contributed by atoms with van der Waals surface area (Å²) in [5.74, 6) is 0.244. The molecule has 0 aliphatic heterocycles. The van der Waals surface area contributed by atoms with Crippen molar-refractivity contribution in [2.45, 2.75) is 34.1 Å². The molecule has 0 heterocycles. The fraction of sp³-hybridized carbons (Fsp3) is 0.500. The van der Waals surface area contributed by atoms with E-state index in [1.807, 2.05) is 26.0 Å². The molecule has 0 fully saturated rings. The summed E-state index contributed by atoms with van der Waals surface area (Å²) < 4.78 is 0. The highest BCUT2D eigenvalue weighted by molar-refractivity contribution is 5.99. The Morgan fingerprint density at radius 3 is 2.56 bits per heavy atom. The van der Waals surface area contributed by atoms with Crippen LogP contribution >= 0.6 is 0 Å². The van der Waals surface area contributed by atoms with Crippen LogP contribution in [0.1, 0.15) is 34.1 Å². The number of allylic oxidation sites excluding steroid dienone is 5. The minimum atomic E-state index is -0.0584. The van der Waals surface area contributed by atoms with Gasteiger partial charge in [0.05, 0.1) is 6.61 Å². The van der Waals surface area contributed by atoms with E-state index in [9.17, 15) is 4.79 Å². The fourth-order valence-electron chi connectivity index (χ4n) is 2.06. The summed E-state index contributed by atoms with van der Waals surface area (Å²) in [6, 6.07) is 0. The van der Waals surface area contributed by atoms with Gasteiger partial charge in [-0.25, -0.2) is 0 Å². The lowest BCUT2D eigenvalue weighted by molar-refractivity contribution is -0.115. The number of hydrogen-bond donors (Lipinski definition) is 1. The molecule has 88 valence electrons. The molecule has 16 heavy (non-hydrogen) atoms. The average molecular weight is 220 g/mol. The number of aliphatic hydroxyl groups excluding tert-OH is 1. The molecule has 0 amide bonds. The molecule has 2 heteroatoms. The molecule has 1 rings (SSSR count). The van der Waals surface area contributed by atoms with Gasteiger partial charge in [0.1, 0.15) is 0 Å². The van der Waals surface area contributed by atoms with Crippen molar-refractivity contribution in [2.24, 2.45) is 5.41 Å². The third-order valence-electron chi connectivity index (χ3n) is 3.08. The topological polar surface area (TPSA) is 37.3 Å². The summed E-state index contributed by atoms with van der Waals surface area (Å²) in [5, 5.41) is 8.75. The molecule has 1 aliphatic rings. The number of rotatable bonds is 3. The van der Waals surface area contributed by atoms with Crippen molar-refractivity contribution in [2.75, 3.05) is 6.61 Å². The maximum atomic E-state index is 11.6. The first kappa shape index (κ1) is 12.9. The summed E-state index contributed by atoms with van der Waals surface area (Å²) in [7, 11) is 0. The van der Waals surface area contributed by atoms with Gasteiger partial charge >= 0.3 is 0 Å². The maximum Gasteiger partial charge on any atom is 0.159 e. The molecule has 0 bridgehead atoms. The molecule has 0 aromatic carbocycles. The van der Waals surface area contributed by atoms with E-state index in [1.165, 1.54) is 0 Å². The number of Topliss-reactive ketones (excluding diaryl/α,β-unsaturated/α-hetero) is 1. The average Bonchev–Trinajstić information content (AvgIpc) is 2.34. The highest BCUT2D eigenvalue weighted by atomic mass is 16.2. The second kappa shape index (κ2) is 4.79. The Labute approximate surface area is 97.4 Å². The van der Waals surface area contributed by atoms with Gasteiger partial charge < -0.3 is 5.11 Å². The largest absolute Gasteiger partial charge is 0.392 e. The van der Waals surface area contributed by atoms with Crippen LogP contribution in [-0.4, -0.2) is 17.5 Å². The van der Waals surface area contributed by atoms with Crippen LogP contribution in [0.25, 0.3) is 0 Å². The SMILES string of the molecule is CC1=C(/C=C/C(C)=C/CO)C(C)(C)CC1=O. The third kappa shape index (κ3) is 2.70. The lowest BCUT2D eigenvalue weighted by Gasteiger charge is -2.19. The first-order chi connectivity index (χ1) is 7.38. The van der Waals surface area contributed by atoms with Crippen LogP contribution in [0.3, 0.4) is 0 Å². The first-order valence-electron chi connectivity index (χ1n) is 5.59. The van der Waals surface area contributed by atoms with Gasteiger partial charge in [-0.2, -0.15) is 0 Å². The summed E-state index contributed by atoms with van der Waals surface area (Å²) >= 11 is 0. The van der Waals surface area contributed by atoms with Crippen molar-refractivity contribution in [1.82, 2.24) is 0 Å². The molecular weight excluding hydrogens is 200 g/mol. The molecule has 0 saturated heterocycles. The van der Waals surface area contributed by atoms with Gasteiger partial charge in [-0.05, 0) is 30.4 Å². The zero-order valence-electron chi connectivity index (χ0n) is 10.5. The second-order valence-electron chi connectivity index (χ2n) is 4.99. The number of carbonyl (C=O) groups excluding carboxylic acids is 1. The highest BCUT2D eigenvalue weighted by Crippen LogP contribution is 2.40. The Kier molecular flexibility index (Phi) is 3.87. The molecule has 0 spiro atoms. The Morgan fingerprint density at radius 1 is 1.50 bits per heavy atom. The smallest absolute Gasteiger partial charge is 0.159 e. The minimum Gasteiger partial charge on any atom is -0.392 e. The van der Waals surface area contributed by atoms with E-state index in [0.29, 0.717) is 6.42 Å². The molecule has 0 atom stereocenters. The molecule has 0 aromatic rings. The van der Waals surface area contributed by atoms with Gasteiger partial charge in [0, 0.05) is 6.42 Å². The maximum absolute atomic E-state index is 11.6. The van der Waals surface area contributed by atoms with Gasteiger partial charge in [-0.15, -0.1) is 0 Å². The van der Waals surface area contributed by atoms with Crippen molar-refractivity contribution in [3.63, 3.8) is 0 Å². The predicted molar refractivity (Wildman–Crippen MR) is 66.1 cm³/mol. The van der Waals surface area contributed by atoms with Gasteiger partial charge in [-0.1, -0.05) is 37.6 Å². The van der Waals surface area contributed by atoms with Crippen LogP contribution in [0, 0.1) is 5.41 Å². The second-order valence-corrected chi connectivity index (χ2v) is 4.99. The van der Waals surface area contributed by atoms with Crippen LogP contribution < -0.4 is 0 Å². The Morgan fingerprint density at radius 2 is 2.12 bits per heavy atom. The van der Waals surface area contributed by atoms with Crippen LogP contribution in [0.15, 0.2) is 34.9 Å². The summed E-state index contributed by atoms with van der Waals surface area (Å²) in [5.41, 5.74) is 2.94. The van der Waals surface area contributed by atoms with E-state index >= 15 is 0 Å². The van der Waals surface area contributed by atoms with E-state index in [2.05, 4.69) is 13.8 Å². The molecule has 0 unspecified atom stereocenters. The Balaban J connectivity index is 2.96. The summed E-state index contributed by atoms with van der Waals surface area (Å²) in [6.07, 6.45) is 6.30. The number of hydrogen-bond acceptors (Lipinski definition) is 2. The Hall–Kier alpha value is -1.15. The van der Waals surface area contributed by atoms with E-state index in [0.717, 1.165) is 16.7 Å². The van der Waals surface area contributed by atoms with Gasteiger partial charge in [0.25, 0.3) is 0 Å².